The first-order valence-electron chi connectivity index (χ1n) is 9.24. The lowest BCUT2D eigenvalue weighted by molar-refractivity contribution is -0.0498. The van der Waals surface area contributed by atoms with Gasteiger partial charge in [-0.2, -0.15) is 8.78 Å². The number of nitrogens with one attached hydrogen (secondary N) is 2. The molecule has 0 bridgehead atoms. The van der Waals surface area contributed by atoms with E-state index in [0.29, 0.717) is 11.3 Å². The number of sulfonamides is 1. The fourth-order valence-electron chi connectivity index (χ4n) is 2.76. The molecule has 3 aromatic carbocycles. The molecule has 0 aliphatic heterocycles. The zero-order chi connectivity index (χ0) is 22.4. The van der Waals surface area contributed by atoms with E-state index in [0.717, 1.165) is 5.56 Å². The molecule has 0 atom stereocenters. The van der Waals surface area contributed by atoms with Crippen LogP contribution in [0.1, 0.15) is 21.5 Å². The lowest BCUT2D eigenvalue weighted by atomic mass is 10.2. The van der Waals surface area contributed by atoms with Gasteiger partial charge in [-0.25, -0.2) is 8.42 Å². The van der Waals surface area contributed by atoms with Crippen LogP contribution in [0.4, 0.5) is 14.5 Å². The van der Waals surface area contributed by atoms with Crippen molar-refractivity contribution in [2.75, 3.05) is 4.72 Å². The number of hydrogen-bond acceptors (Lipinski definition) is 4. The van der Waals surface area contributed by atoms with Crippen LogP contribution in [0.2, 0.25) is 0 Å². The lowest BCUT2D eigenvalue weighted by Gasteiger charge is -2.11. The number of amides is 1. The van der Waals surface area contributed by atoms with Crippen LogP contribution >= 0.6 is 0 Å². The highest BCUT2D eigenvalue weighted by atomic mass is 32.2. The molecule has 1 amide bonds. The van der Waals surface area contributed by atoms with E-state index >= 15 is 0 Å². The SMILES string of the molecule is Cc1ccc(NS(=O)(=O)c2cccc(C(=O)NCc3cccc(OC(F)F)c3)c2)cc1. The molecule has 2 N–H and O–H groups in total. The van der Waals surface area contributed by atoms with Crippen LogP contribution in [0, 0.1) is 6.92 Å². The monoisotopic (exact) mass is 446 g/mol. The topological polar surface area (TPSA) is 84.5 Å². The van der Waals surface area contributed by atoms with Crippen LogP contribution in [0.3, 0.4) is 0 Å². The molecule has 0 radical (unpaired) electrons. The number of benzene rings is 3. The van der Waals surface area contributed by atoms with Crippen LogP contribution < -0.4 is 14.8 Å². The standard InChI is InChI=1S/C22H20F2N2O4S/c1-15-8-10-18(11-9-15)26-31(28,29)20-7-3-5-17(13-20)21(27)25-14-16-4-2-6-19(12-16)30-22(23)24/h2-13,22,26H,14H2,1H3,(H,25,27). The highest BCUT2D eigenvalue weighted by Crippen LogP contribution is 2.19. The molecule has 3 rings (SSSR count). The number of carbonyl (C=O) groups excluding carboxylic acids is 1. The van der Waals surface area contributed by atoms with E-state index in [4.69, 9.17) is 0 Å². The Kier molecular flexibility index (Phi) is 6.86. The van der Waals surface area contributed by atoms with E-state index in [1.54, 1.807) is 30.3 Å². The minimum absolute atomic E-state index is 0.0166. The molecule has 0 unspecified atom stereocenters. The number of aryl methyl sites for hydroxylation is 1. The fraction of sp³-hybridized carbons (Fsp3) is 0.136. The van der Waals surface area contributed by atoms with Crippen LogP contribution in [0.15, 0.2) is 77.7 Å². The third kappa shape index (κ3) is 6.26. The second kappa shape index (κ2) is 9.57. The predicted molar refractivity (Wildman–Crippen MR) is 113 cm³/mol. The van der Waals surface area contributed by atoms with Crippen molar-refractivity contribution >= 4 is 21.6 Å². The van der Waals surface area contributed by atoms with Crippen LogP contribution in [0.25, 0.3) is 0 Å². The van der Waals surface area contributed by atoms with Gasteiger partial charge in [0.15, 0.2) is 0 Å². The van der Waals surface area contributed by atoms with Gasteiger partial charge in [0.25, 0.3) is 15.9 Å². The summed E-state index contributed by atoms with van der Waals surface area (Å²) in [7, 11) is -3.88. The first-order chi connectivity index (χ1) is 14.7. The van der Waals surface area contributed by atoms with Crippen molar-refractivity contribution in [2.24, 2.45) is 0 Å². The average Bonchev–Trinajstić information content (AvgIpc) is 2.73. The van der Waals surface area contributed by atoms with Crippen LogP contribution in [-0.4, -0.2) is 20.9 Å². The minimum Gasteiger partial charge on any atom is -0.435 e. The fourth-order valence-corrected chi connectivity index (χ4v) is 3.86. The minimum atomic E-state index is -3.88. The third-order valence-electron chi connectivity index (χ3n) is 4.29. The van der Waals surface area contributed by atoms with Gasteiger partial charge in [-0.3, -0.25) is 9.52 Å². The van der Waals surface area contributed by atoms with Crippen LogP contribution in [0.5, 0.6) is 5.75 Å². The Balaban J connectivity index is 1.69. The molecule has 0 aliphatic carbocycles. The first-order valence-corrected chi connectivity index (χ1v) is 10.7. The largest absolute Gasteiger partial charge is 0.435 e. The smallest absolute Gasteiger partial charge is 0.387 e. The molecular weight excluding hydrogens is 426 g/mol. The Labute approximate surface area is 178 Å². The van der Waals surface area contributed by atoms with Gasteiger partial charge in [-0.1, -0.05) is 35.9 Å². The van der Waals surface area contributed by atoms with Gasteiger partial charge in [-0.05, 0) is 55.0 Å². The Bertz CT molecular complexity index is 1170. The molecule has 0 aromatic heterocycles. The second-order valence-corrected chi connectivity index (χ2v) is 8.39. The summed E-state index contributed by atoms with van der Waals surface area (Å²) in [5.74, 6) is -0.524. The second-order valence-electron chi connectivity index (χ2n) is 6.71. The number of rotatable bonds is 8. The number of ether oxygens (including phenoxy) is 1. The molecule has 0 heterocycles. The Morgan fingerprint density at radius 3 is 2.42 bits per heavy atom. The quantitative estimate of drug-likeness (QED) is 0.540. The summed E-state index contributed by atoms with van der Waals surface area (Å²) in [5.41, 5.74) is 2.10. The summed E-state index contributed by atoms with van der Waals surface area (Å²) in [5, 5.41) is 2.63. The average molecular weight is 446 g/mol. The number of hydrogen-bond donors (Lipinski definition) is 2. The number of alkyl halides is 2. The van der Waals surface area contributed by atoms with E-state index in [-0.39, 0.29) is 22.8 Å². The highest BCUT2D eigenvalue weighted by molar-refractivity contribution is 7.92. The third-order valence-corrected chi connectivity index (χ3v) is 5.67. The van der Waals surface area contributed by atoms with Gasteiger partial charge in [0, 0.05) is 17.8 Å². The molecule has 0 fully saturated rings. The number of carbonyl (C=O) groups is 1. The summed E-state index contributed by atoms with van der Waals surface area (Å²) < 4.78 is 56.8. The highest BCUT2D eigenvalue weighted by Gasteiger charge is 2.16. The van der Waals surface area contributed by atoms with E-state index in [1.165, 1.54) is 42.5 Å². The van der Waals surface area contributed by atoms with Gasteiger partial charge in [0.05, 0.1) is 4.90 Å². The van der Waals surface area contributed by atoms with Crippen molar-refractivity contribution in [3.05, 3.63) is 89.5 Å². The molecule has 31 heavy (non-hydrogen) atoms. The van der Waals surface area contributed by atoms with Crippen molar-refractivity contribution in [3.8, 4) is 5.75 Å². The Morgan fingerprint density at radius 2 is 1.71 bits per heavy atom. The molecule has 3 aromatic rings. The van der Waals surface area contributed by atoms with Crippen molar-refractivity contribution in [3.63, 3.8) is 0 Å². The van der Waals surface area contributed by atoms with Gasteiger partial charge < -0.3 is 10.1 Å². The summed E-state index contributed by atoms with van der Waals surface area (Å²) >= 11 is 0. The predicted octanol–water partition coefficient (Wildman–Crippen LogP) is 4.33. The normalized spacial score (nSPS) is 11.2. The van der Waals surface area contributed by atoms with Crippen LogP contribution in [-0.2, 0) is 16.6 Å². The molecular formula is C22H20F2N2O4S. The maximum absolute atomic E-state index is 12.6. The molecule has 0 saturated heterocycles. The number of anilines is 1. The van der Waals surface area contributed by atoms with E-state index in [2.05, 4.69) is 14.8 Å². The summed E-state index contributed by atoms with van der Waals surface area (Å²) in [6, 6.07) is 18.4. The molecule has 162 valence electrons. The molecule has 9 heteroatoms. The van der Waals surface area contributed by atoms with Crippen molar-refractivity contribution in [2.45, 2.75) is 25.0 Å². The summed E-state index contributed by atoms with van der Waals surface area (Å²) in [4.78, 5) is 12.4. The Morgan fingerprint density at radius 1 is 1.00 bits per heavy atom. The first kappa shape index (κ1) is 22.2. The molecule has 6 nitrogen and oxygen atoms in total. The summed E-state index contributed by atoms with van der Waals surface area (Å²) in [6.45, 7) is -0.997. The number of halogens is 2. The molecule has 0 spiro atoms. The summed E-state index contributed by atoms with van der Waals surface area (Å²) in [6.07, 6.45) is 0. The van der Waals surface area contributed by atoms with Gasteiger partial charge >= 0.3 is 6.61 Å². The van der Waals surface area contributed by atoms with E-state index < -0.39 is 22.5 Å². The van der Waals surface area contributed by atoms with Crippen molar-refractivity contribution < 1.29 is 26.7 Å². The lowest BCUT2D eigenvalue weighted by Crippen LogP contribution is -2.23. The van der Waals surface area contributed by atoms with Crippen molar-refractivity contribution in [1.82, 2.24) is 5.32 Å². The molecule has 0 aliphatic rings. The maximum atomic E-state index is 12.6. The zero-order valence-electron chi connectivity index (χ0n) is 16.5. The van der Waals surface area contributed by atoms with Crippen molar-refractivity contribution in [1.29, 1.82) is 0 Å². The van der Waals surface area contributed by atoms with E-state index in [9.17, 15) is 22.0 Å². The van der Waals surface area contributed by atoms with Gasteiger partial charge in [0.2, 0.25) is 0 Å². The maximum Gasteiger partial charge on any atom is 0.387 e. The van der Waals surface area contributed by atoms with Gasteiger partial charge in [0.1, 0.15) is 5.75 Å². The zero-order valence-corrected chi connectivity index (χ0v) is 17.3. The Hall–Kier alpha value is -3.46. The van der Waals surface area contributed by atoms with Gasteiger partial charge in [-0.15, -0.1) is 0 Å². The van der Waals surface area contributed by atoms with E-state index in [1.807, 2.05) is 6.92 Å². The molecule has 0 saturated carbocycles.